The van der Waals surface area contributed by atoms with E-state index in [0.29, 0.717) is 11.7 Å². The molecule has 1 amide bonds. The van der Waals surface area contributed by atoms with Gasteiger partial charge < -0.3 is 15.6 Å². The second kappa shape index (κ2) is 4.83. The highest BCUT2D eigenvalue weighted by Crippen LogP contribution is 2.25. The van der Waals surface area contributed by atoms with Gasteiger partial charge in [0, 0.05) is 6.92 Å². The molecule has 6 nitrogen and oxygen atoms in total. The second-order valence-corrected chi connectivity index (χ2v) is 4.63. The fourth-order valence-electron chi connectivity index (χ4n) is 2.16. The van der Waals surface area contributed by atoms with Crippen LogP contribution in [0.15, 0.2) is 4.52 Å². The van der Waals surface area contributed by atoms with Crippen LogP contribution >= 0.6 is 0 Å². The van der Waals surface area contributed by atoms with Crippen LogP contribution in [-0.2, 0) is 11.3 Å². The van der Waals surface area contributed by atoms with Gasteiger partial charge in [-0.25, -0.2) is 0 Å². The number of rotatable bonds is 3. The Balaban J connectivity index is 1.88. The molecule has 1 aromatic heterocycles. The highest BCUT2D eigenvalue weighted by molar-refractivity contribution is 5.86. The molecule has 0 saturated heterocycles. The van der Waals surface area contributed by atoms with Crippen molar-refractivity contribution in [2.75, 3.05) is 0 Å². The number of aromatic nitrogens is 2. The minimum atomic E-state index is -0.711. The lowest BCUT2D eigenvalue weighted by atomic mass is 9.82. The van der Waals surface area contributed by atoms with Crippen LogP contribution in [0.3, 0.4) is 0 Å². The number of hydrogen-bond acceptors (Lipinski definition) is 5. The zero-order valence-electron chi connectivity index (χ0n) is 10.0. The lowest BCUT2D eigenvalue weighted by Crippen LogP contribution is -2.54. The van der Waals surface area contributed by atoms with Crippen LogP contribution < -0.4 is 11.1 Å². The van der Waals surface area contributed by atoms with Crippen molar-refractivity contribution in [3.8, 4) is 0 Å². The minimum Gasteiger partial charge on any atom is -0.347 e. The number of nitrogens with two attached hydrogens (primary N) is 1. The average Bonchev–Trinajstić information content (AvgIpc) is 2.73. The number of hydrogen-bond donors (Lipinski definition) is 2. The maximum absolute atomic E-state index is 12.0. The van der Waals surface area contributed by atoms with Gasteiger partial charge in [0.2, 0.25) is 11.8 Å². The lowest BCUT2D eigenvalue weighted by molar-refractivity contribution is -0.127. The van der Waals surface area contributed by atoms with Gasteiger partial charge in [0.15, 0.2) is 5.82 Å². The van der Waals surface area contributed by atoms with Crippen LogP contribution in [0, 0.1) is 6.92 Å². The molecule has 1 aliphatic rings. The van der Waals surface area contributed by atoms with Gasteiger partial charge in [-0.1, -0.05) is 24.4 Å². The van der Waals surface area contributed by atoms with Crippen molar-refractivity contribution in [2.24, 2.45) is 5.73 Å². The number of carbonyl (C=O) groups excluding carboxylic acids is 1. The van der Waals surface area contributed by atoms with E-state index in [1.54, 1.807) is 6.92 Å². The summed E-state index contributed by atoms with van der Waals surface area (Å²) in [6.07, 6.45) is 4.71. The molecular weight excluding hydrogens is 220 g/mol. The maximum Gasteiger partial charge on any atom is 0.240 e. The molecule has 1 heterocycles. The Kier molecular flexibility index (Phi) is 3.42. The predicted octanol–water partition coefficient (Wildman–Crippen LogP) is 0.656. The molecule has 1 fully saturated rings. The third kappa shape index (κ3) is 2.82. The molecule has 2 rings (SSSR count). The van der Waals surface area contributed by atoms with Crippen molar-refractivity contribution < 1.29 is 9.32 Å². The van der Waals surface area contributed by atoms with Crippen LogP contribution in [0.2, 0.25) is 0 Å². The van der Waals surface area contributed by atoms with Crippen molar-refractivity contribution in [1.82, 2.24) is 15.5 Å². The fourth-order valence-corrected chi connectivity index (χ4v) is 2.16. The second-order valence-electron chi connectivity index (χ2n) is 4.63. The summed E-state index contributed by atoms with van der Waals surface area (Å²) in [7, 11) is 0. The summed E-state index contributed by atoms with van der Waals surface area (Å²) in [5.41, 5.74) is 5.38. The Morgan fingerprint density at radius 3 is 2.76 bits per heavy atom. The van der Waals surface area contributed by atoms with Gasteiger partial charge in [0.1, 0.15) is 0 Å². The normalized spacial score (nSPS) is 18.9. The van der Waals surface area contributed by atoms with Crippen molar-refractivity contribution in [3.63, 3.8) is 0 Å². The predicted molar refractivity (Wildman–Crippen MR) is 60.9 cm³/mol. The highest BCUT2D eigenvalue weighted by atomic mass is 16.5. The third-order valence-corrected chi connectivity index (χ3v) is 3.17. The smallest absolute Gasteiger partial charge is 0.240 e. The van der Waals surface area contributed by atoms with Crippen molar-refractivity contribution >= 4 is 5.91 Å². The average molecular weight is 238 g/mol. The third-order valence-electron chi connectivity index (χ3n) is 3.17. The molecule has 0 spiro atoms. The lowest BCUT2D eigenvalue weighted by Gasteiger charge is -2.31. The van der Waals surface area contributed by atoms with E-state index in [-0.39, 0.29) is 12.5 Å². The molecule has 94 valence electrons. The van der Waals surface area contributed by atoms with Gasteiger partial charge >= 0.3 is 0 Å². The first-order valence-electron chi connectivity index (χ1n) is 5.96. The van der Waals surface area contributed by atoms with E-state index in [1.807, 2.05) is 0 Å². The summed E-state index contributed by atoms with van der Waals surface area (Å²) in [5, 5.41) is 6.49. The Labute approximate surface area is 99.9 Å². The van der Waals surface area contributed by atoms with Gasteiger partial charge in [-0.3, -0.25) is 4.79 Å². The zero-order chi connectivity index (χ0) is 12.3. The largest absolute Gasteiger partial charge is 0.347 e. The van der Waals surface area contributed by atoms with Crippen LogP contribution in [-0.4, -0.2) is 21.6 Å². The standard InChI is InChI=1S/C11H18N4O2/c1-8-14-9(15-17-8)7-13-10(16)11(12)5-3-2-4-6-11/h2-7,12H2,1H3,(H,13,16). The van der Waals surface area contributed by atoms with Crippen LogP contribution in [0.4, 0.5) is 0 Å². The number of carbonyl (C=O) groups is 1. The topological polar surface area (TPSA) is 94.0 Å². The van der Waals surface area contributed by atoms with E-state index in [2.05, 4.69) is 15.5 Å². The van der Waals surface area contributed by atoms with Gasteiger partial charge in [0.05, 0.1) is 12.1 Å². The van der Waals surface area contributed by atoms with Crippen molar-refractivity contribution in [2.45, 2.75) is 51.1 Å². The molecule has 0 radical (unpaired) electrons. The minimum absolute atomic E-state index is 0.111. The Morgan fingerprint density at radius 1 is 1.47 bits per heavy atom. The summed E-state index contributed by atoms with van der Waals surface area (Å²) in [5.74, 6) is 0.865. The SMILES string of the molecule is Cc1nc(CNC(=O)C2(N)CCCCC2)no1. The van der Waals surface area contributed by atoms with Gasteiger partial charge in [-0.15, -0.1) is 0 Å². The molecule has 6 heteroatoms. The van der Waals surface area contributed by atoms with Gasteiger partial charge in [-0.05, 0) is 12.8 Å². The highest BCUT2D eigenvalue weighted by Gasteiger charge is 2.35. The summed E-state index contributed by atoms with van der Waals surface area (Å²) < 4.78 is 4.82. The molecule has 1 aromatic rings. The number of nitrogens with zero attached hydrogens (tertiary/aromatic N) is 2. The van der Waals surface area contributed by atoms with Crippen LogP contribution in [0.1, 0.15) is 43.8 Å². The first kappa shape index (κ1) is 12.0. The summed E-state index contributed by atoms with van der Waals surface area (Å²) in [6.45, 7) is 1.99. The molecule has 0 atom stereocenters. The summed E-state index contributed by atoms with van der Waals surface area (Å²) in [6, 6.07) is 0. The molecule has 3 N–H and O–H groups in total. The molecule has 0 aromatic carbocycles. The quantitative estimate of drug-likeness (QED) is 0.806. The molecule has 17 heavy (non-hydrogen) atoms. The van der Waals surface area contributed by atoms with E-state index in [9.17, 15) is 4.79 Å². The first-order chi connectivity index (χ1) is 8.10. The number of nitrogens with one attached hydrogen (secondary N) is 1. The van der Waals surface area contributed by atoms with Crippen LogP contribution in [0.5, 0.6) is 0 Å². The zero-order valence-corrected chi connectivity index (χ0v) is 10.0. The molecule has 1 saturated carbocycles. The van der Waals surface area contributed by atoms with Gasteiger partial charge in [0.25, 0.3) is 0 Å². The van der Waals surface area contributed by atoms with E-state index in [0.717, 1.165) is 32.1 Å². The molecule has 0 aliphatic heterocycles. The van der Waals surface area contributed by atoms with E-state index < -0.39 is 5.54 Å². The van der Waals surface area contributed by atoms with Crippen LogP contribution in [0.25, 0.3) is 0 Å². The van der Waals surface area contributed by atoms with Crippen molar-refractivity contribution in [1.29, 1.82) is 0 Å². The fraction of sp³-hybridized carbons (Fsp3) is 0.727. The monoisotopic (exact) mass is 238 g/mol. The molecule has 1 aliphatic carbocycles. The molecule has 0 unspecified atom stereocenters. The van der Waals surface area contributed by atoms with E-state index in [1.165, 1.54) is 0 Å². The summed E-state index contributed by atoms with van der Waals surface area (Å²) >= 11 is 0. The number of amides is 1. The maximum atomic E-state index is 12.0. The Morgan fingerprint density at radius 2 is 2.18 bits per heavy atom. The Hall–Kier alpha value is -1.43. The number of aryl methyl sites for hydroxylation is 1. The first-order valence-corrected chi connectivity index (χ1v) is 5.96. The van der Waals surface area contributed by atoms with Gasteiger partial charge in [-0.2, -0.15) is 4.98 Å². The molecular formula is C11H18N4O2. The van der Waals surface area contributed by atoms with E-state index in [4.69, 9.17) is 10.3 Å². The Bertz CT molecular complexity index is 396. The van der Waals surface area contributed by atoms with Crippen molar-refractivity contribution in [3.05, 3.63) is 11.7 Å². The van der Waals surface area contributed by atoms with E-state index >= 15 is 0 Å². The molecule has 0 bridgehead atoms. The summed E-state index contributed by atoms with van der Waals surface area (Å²) in [4.78, 5) is 16.0.